The van der Waals surface area contributed by atoms with Gasteiger partial charge in [0, 0.05) is 88.5 Å². The van der Waals surface area contributed by atoms with Crippen molar-refractivity contribution in [1.82, 2.24) is 39.0 Å². The fraction of sp³-hybridized carbons (Fsp3) is 0.414. The van der Waals surface area contributed by atoms with Crippen LogP contribution in [-0.2, 0) is 11.8 Å². The van der Waals surface area contributed by atoms with Crippen molar-refractivity contribution in [3.8, 4) is 17.2 Å². The lowest BCUT2D eigenvalue weighted by Gasteiger charge is -2.38. The number of allylic oxidation sites excluding steroid dienone is 3. The second kappa shape index (κ2) is 11.9. The summed E-state index contributed by atoms with van der Waals surface area (Å²) in [6, 6.07) is 4.33. The monoisotopic (exact) mass is 540 g/mol. The summed E-state index contributed by atoms with van der Waals surface area (Å²) in [7, 11) is 4.00. The van der Waals surface area contributed by atoms with Crippen molar-refractivity contribution in [2.24, 2.45) is 12.0 Å². The van der Waals surface area contributed by atoms with Crippen LogP contribution in [0.1, 0.15) is 18.1 Å². The van der Waals surface area contributed by atoms with Crippen LogP contribution in [-0.4, -0.2) is 118 Å². The lowest BCUT2D eigenvalue weighted by Crippen LogP contribution is -2.53. The van der Waals surface area contributed by atoms with Crippen LogP contribution in [0.15, 0.2) is 53.8 Å². The number of fused-ring (bicyclic) bond motifs is 1. The van der Waals surface area contributed by atoms with Crippen molar-refractivity contribution in [3.05, 3.63) is 60.0 Å². The van der Waals surface area contributed by atoms with E-state index in [2.05, 4.69) is 55.8 Å². The first-order valence-electron chi connectivity index (χ1n) is 13.6. The van der Waals surface area contributed by atoms with Gasteiger partial charge in [0.2, 0.25) is 5.91 Å². The predicted octanol–water partition coefficient (Wildman–Crippen LogP) is 1.94. The molecule has 0 spiro atoms. The molecule has 0 aliphatic carbocycles. The van der Waals surface area contributed by atoms with Gasteiger partial charge >= 0.3 is 0 Å². The molecule has 0 bridgehead atoms. The zero-order chi connectivity index (χ0) is 28.2. The zero-order valence-corrected chi connectivity index (χ0v) is 23.5. The third kappa shape index (κ3) is 5.83. The minimum absolute atomic E-state index is 0.198. The van der Waals surface area contributed by atoms with Crippen LogP contribution >= 0.6 is 0 Å². The number of pyridine rings is 1. The van der Waals surface area contributed by atoms with Gasteiger partial charge in [-0.15, -0.1) is 0 Å². The second-order valence-electron chi connectivity index (χ2n) is 10.5. The molecule has 2 fully saturated rings. The summed E-state index contributed by atoms with van der Waals surface area (Å²) in [5.41, 5.74) is 5.09. The molecular formula is C29H36N10O. The van der Waals surface area contributed by atoms with E-state index >= 15 is 0 Å². The highest BCUT2D eigenvalue weighted by Gasteiger charge is 2.24. The zero-order valence-electron chi connectivity index (χ0n) is 23.5. The Hall–Kier alpha value is -4.27. The number of aromatic nitrogens is 4. The standard InChI is InChI=1S/C29H36N10O/c1-22(26-15-23(25-18-32-35(4)19-25)20-39-29(26)24(16-30)17-33-39)5-6-27(31-2)37-11-13-38(14-12-37)28(40)21-36-9-7-34(3)8-10-36/h5-6,15,17-20H,2,7-14,21H2,1,3-4H3/b22-5+,27-6+. The summed E-state index contributed by atoms with van der Waals surface area (Å²) in [4.78, 5) is 25.9. The summed E-state index contributed by atoms with van der Waals surface area (Å²) in [6.07, 6.45) is 11.2. The normalized spacial score (nSPS) is 17.9. The number of carbonyl (C=O) groups excluding carboxylic acids is 1. The molecule has 0 saturated carbocycles. The number of rotatable bonds is 7. The molecule has 3 aromatic rings. The Balaban J connectivity index is 1.31. The third-order valence-electron chi connectivity index (χ3n) is 7.75. The Morgan fingerprint density at radius 1 is 1.00 bits per heavy atom. The largest absolute Gasteiger partial charge is 0.353 e. The number of piperazine rings is 2. The number of hydrogen-bond donors (Lipinski definition) is 0. The molecule has 208 valence electrons. The van der Waals surface area contributed by atoms with Crippen LogP contribution in [0.5, 0.6) is 0 Å². The smallest absolute Gasteiger partial charge is 0.236 e. The van der Waals surface area contributed by atoms with E-state index in [1.807, 2.05) is 49.6 Å². The quantitative estimate of drug-likeness (QED) is 0.334. The molecule has 5 heterocycles. The molecule has 0 radical (unpaired) electrons. The first kappa shape index (κ1) is 27.3. The van der Waals surface area contributed by atoms with Gasteiger partial charge in [-0.3, -0.25) is 14.4 Å². The molecule has 5 rings (SSSR count). The van der Waals surface area contributed by atoms with Gasteiger partial charge in [-0.05, 0) is 38.4 Å². The van der Waals surface area contributed by atoms with E-state index < -0.39 is 0 Å². The minimum Gasteiger partial charge on any atom is -0.353 e. The van der Waals surface area contributed by atoms with E-state index in [0.29, 0.717) is 38.3 Å². The Bertz CT molecular complexity index is 1490. The molecule has 0 aromatic carbocycles. The van der Waals surface area contributed by atoms with Crippen LogP contribution in [0.25, 0.3) is 22.2 Å². The average molecular weight is 541 g/mol. The van der Waals surface area contributed by atoms with Gasteiger partial charge in [0.15, 0.2) is 0 Å². The fourth-order valence-electron chi connectivity index (χ4n) is 5.26. The number of nitriles is 1. The molecule has 2 aliphatic heterocycles. The van der Waals surface area contributed by atoms with Gasteiger partial charge in [-0.2, -0.15) is 15.5 Å². The highest BCUT2D eigenvalue weighted by molar-refractivity contribution is 5.84. The Morgan fingerprint density at radius 3 is 2.38 bits per heavy atom. The number of likely N-dealkylation sites (N-methyl/N-ethyl adjacent to an activating group) is 1. The Morgan fingerprint density at radius 2 is 1.73 bits per heavy atom. The molecule has 0 N–H and O–H groups in total. The van der Waals surface area contributed by atoms with Crippen molar-refractivity contribution in [3.63, 3.8) is 0 Å². The van der Waals surface area contributed by atoms with Crippen molar-refractivity contribution in [2.45, 2.75) is 6.92 Å². The van der Waals surface area contributed by atoms with Gasteiger partial charge in [-0.1, -0.05) is 6.08 Å². The Labute approximate surface area is 234 Å². The van der Waals surface area contributed by atoms with Crippen molar-refractivity contribution >= 4 is 23.7 Å². The summed E-state index contributed by atoms with van der Waals surface area (Å²) >= 11 is 0. The summed E-state index contributed by atoms with van der Waals surface area (Å²) in [5, 5.41) is 18.4. The second-order valence-corrected chi connectivity index (χ2v) is 10.5. The maximum absolute atomic E-state index is 12.9. The molecule has 2 aliphatic rings. The van der Waals surface area contributed by atoms with E-state index in [0.717, 1.165) is 59.8 Å². The first-order chi connectivity index (χ1) is 19.4. The van der Waals surface area contributed by atoms with Gasteiger partial charge in [0.25, 0.3) is 0 Å². The van der Waals surface area contributed by atoms with Crippen LogP contribution in [0.2, 0.25) is 0 Å². The number of amides is 1. The van der Waals surface area contributed by atoms with Gasteiger partial charge in [0.05, 0.1) is 30.0 Å². The molecule has 11 heteroatoms. The van der Waals surface area contributed by atoms with Crippen LogP contribution in [0.4, 0.5) is 0 Å². The third-order valence-corrected chi connectivity index (χ3v) is 7.75. The SMILES string of the molecule is C=N/C(=C\C=C(/C)c1cc(-c2cnn(C)c2)cn2ncc(C#N)c12)N1CCN(C(=O)CN2CCN(C)CC2)CC1. The molecular weight excluding hydrogens is 504 g/mol. The molecule has 11 nitrogen and oxygen atoms in total. The van der Waals surface area contributed by atoms with Crippen LogP contribution in [0, 0.1) is 11.3 Å². The van der Waals surface area contributed by atoms with Crippen LogP contribution < -0.4 is 0 Å². The summed E-state index contributed by atoms with van der Waals surface area (Å²) in [6.45, 7) is 12.9. The number of carbonyl (C=O) groups is 1. The first-order valence-corrected chi connectivity index (χ1v) is 13.6. The van der Waals surface area contributed by atoms with E-state index in [1.165, 1.54) is 0 Å². The minimum atomic E-state index is 0.198. The predicted molar refractivity (Wildman–Crippen MR) is 155 cm³/mol. The van der Waals surface area contributed by atoms with Crippen LogP contribution in [0.3, 0.4) is 0 Å². The maximum atomic E-state index is 12.9. The lowest BCUT2D eigenvalue weighted by molar-refractivity contribution is -0.134. The fourth-order valence-corrected chi connectivity index (χ4v) is 5.26. The number of nitrogens with zero attached hydrogens (tertiary/aromatic N) is 10. The highest BCUT2D eigenvalue weighted by Crippen LogP contribution is 2.29. The maximum Gasteiger partial charge on any atom is 0.236 e. The number of aryl methyl sites for hydroxylation is 1. The molecule has 2 saturated heterocycles. The average Bonchev–Trinajstić information content (AvgIpc) is 3.60. The van der Waals surface area contributed by atoms with Gasteiger partial charge < -0.3 is 14.7 Å². The van der Waals surface area contributed by atoms with E-state index in [-0.39, 0.29) is 5.91 Å². The number of aliphatic imine (C=N–C) groups is 1. The van der Waals surface area contributed by atoms with E-state index in [4.69, 9.17) is 0 Å². The molecule has 3 aromatic heterocycles. The number of hydrogen-bond acceptors (Lipinski definition) is 8. The molecule has 1 amide bonds. The topological polar surface area (TPSA) is 101 Å². The summed E-state index contributed by atoms with van der Waals surface area (Å²) in [5.74, 6) is 0.961. The van der Waals surface area contributed by atoms with Crippen molar-refractivity contribution < 1.29 is 4.79 Å². The molecule has 40 heavy (non-hydrogen) atoms. The Kier molecular flexibility index (Phi) is 8.09. The van der Waals surface area contributed by atoms with E-state index in [9.17, 15) is 10.1 Å². The van der Waals surface area contributed by atoms with Crippen molar-refractivity contribution in [1.29, 1.82) is 5.26 Å². The van der Waals surface area contributed by atoms with Gasteiger partial charge in [0.1, 0.15) is 11.9 Å². The van der Waals surface area contributed by atoms with E-state index in [1.54, 1.807) is 15.4 Å². The molecule has 0 unspecified atom stereocenters. The summed E-state index contributed by atoms with van der Waals surface area (Å²) < 4.78 is 3.51. The molecule has 0 atom stereocenters. The lowest BCUT2D eigenvalue weighted by atomic mass is 10.0. The highest BCUT2D eigenvalue weighted by atomic mass is 16.2. The van der Waals surface area contributed by atoms with Crippen molar-refractivity contribution in [2.75, 3.05) is 66.0 Å². The van der Waals surface area contributed by atoms with Gasteiger partial charge in [-0.25, -0.2) is 9.51 Å².